The summed E-state index contributed by atoms with van der Waals surface area (Å²) in [4.78, 5) is 13.8. The van der Waals surface area contributed by atoms with E-state index in [1.165, 1.54) is 12.1 Å². The molecule has 0 spiro atoms. The molecule has 1 N–H and O–H groups in total. The van der Waals surface area contributed by atoms with E-state index in [1.54, 1.807) is 42.3 Å². The molecule has 0 aromatic heterocycles. The van der Waals surface area contributed by atoms with Crippen molar-refractivity contribution in [3.05, 3.63) is 64.9 Å². The van der Waals surface area contributed by atoms with Gasteiger partial charge >= 0.3 is 0 Å². The predicted molar refractivity (Wildman–Crippen MR) is 82.8 cm³/mol. The molecule has 0 unspecified atom stereocenters. The lowest BCUT2D eigenvalue weighted by atomic mass is 10.2. The van der Waals surface area contributed by atoms with Crippen LogP contribution in [-0.2, 0) is 11.3 Å². The van der Waals surface area contributed by atoms with Crippen molar-refractivity contribution in [2.45, 2.75) is 6.54 Å². The highest BCUT2D eigenvalue weighted by molar-refractivity contribution is 6.33. The fourth-order valence-corrected chi connectivity index (χ4v) is 2.18. The quantitative estimate of drug-likeness (QED) is 0.916. The minimum atomic E-state index is -0.276. The number of rotatable bonds is 5. The van der Waals surface area contributed by atoms with Crippen LogP contribution >= 0.6 is 11.6 Å². The Morgan fingerprint density at radius 2 is 2.00 bits per heavy atom. The van der Waals surface area contributed by atoms with Crippen LogP contribution in [0.5, 0.6) is 0 Å². The molecule has 0 aliphatic rings. The summed E-state index contributed by atoms with van der Waals surface area (Å²) in [5, 5.41) is 3.25. The minimum Gasteiger partial charge on any atom is -0.324 e. The van der Waals surface area contributed by atoms with Crippen LogP contribution in [0.4, 0.5) is 10.1 Å². The highest BCUT2D eigenvalue weighted by atomic mass is 35.5. The normalized spacial score (nSPS) is 10.7. The third kappa shape index (κ3) is 4.85. The zero-order valence-corrected chi connectivity index (χ0v) is 12.4. The molecule has 2 rings (SSSR count). The SMILES string of the molecule is CN(CC(=O)Nc1ccccc1Cl)Cc1cccc(F)c1. The van der Waals surface area contributed by atoms with E-state index in [0.29, 0.717) is 17.3 Å². The van der Waals surface area contributed by atoms with Gasteiger partial charge in [0.25, 0.3) is 0 Å². The van der Waals surface area contributed by atoms with Crippen molar-refractivity contribution < 1.29 is 9.18 Å². The lowest BCUT2D eigenvalue weighted by Gasteiger charge is -2.16. The van der Waals surface area contributed by atoms with Gasteiger partial charge in [-0.15, -0.1) is 0 Å². The Kier molecular flexibility index (Phi) is 5.31. The van der Waals surface area contributed by atoms with E-state index >= 15 is 0 Å². The van der Waals surface area contributed by atoms with E-state index in [4.69, 9.17) is 11.6 Å². The molecule has 1 amide bonds. The summed E-state index contributed by atoms with van der Waals surface area (Å²) in [6.45, 7) is 0.690. The van der Waals surface area contributed by atoms with Crippen LogP contribution in [-0.4, -0.2) is 24.4 Å². The molecule has 0 aliphatic carbocycles. The third-order valence-electron chi connectivity index (χ3n) is 2.90. The van der Waals surface area contributed by atoms with Gasteiger partial charge < -0.3 is 5.32 Å². The first kappa shape index (κ1) is 15.5. The molecule has 0 fully saturated rings. The average molecular weight is 307 g/mol. The third-order valence-corrected chi connectivity index (χ3v) is 3.23. The highest BCUT2D eigenvalue weighted by Gasteiger charge is 2.09. The summed E-state index contributed by atoms with van der Waals surface area (Å²) in [7, 11) is 1.80. The molecule has 3 nitrogen and oxygen atoms in total. The fourth-order valence-electron chi connectivity index (χ4n) is 2.00. The van der Waals surface area contributed by atoms with Crippen molar-refractivity contribution in [1.29, 1.82) is 0 Å². The molecule has 110 valence electrons. The molecule has 0 bridgehead atoms. The largest absolute Gasteiger partial charge is 0.324 e. The summed E-state index contributed by atoms with van der Waals surface area (Å²) in [5.74, 6) is -0.441. The first-order valence-electron chi connectivity index (χ1n) is 6.52. The van der Waals surface area contributed by atoms with E-state index in [2.05, 4.69) is 5.32 Å². The van der Waals surface area contributed by atoms with E-state index in [0.717, 1.165) is 5.56 Å². The van der Waals surface area contributed by atoms with Crippen molar-refractivity contribution in [2.24, 2.45) is 0 Å². The van der Waals surface area contributed by atoms with Crippen LogP contribution in [0.2, 0.25) is 5.02 Å². The first-order valence-corrected chi connectivity index (χ1v) is 6.90. The lowest BCUT2D eigenvalue weighted by Crippen LogP contribution is -2.29. The van der Waals surface area contributed by atoms with Crippen LogP contribution in [0.15, 0.2) is 48.5 Å². The Morgan fingerprint density at radius 3 is 2.71 bits per heavy atom. The van der Waals surface area contributed by atoms with Gasteiger partial charge in [0.05, 0.1) is 17.3 Å². The first-order chi connectivity index (χ1) is 10.0. The molecule has 0 atom stereocenters. The van der Waals surface area contributed by atoms with Gasteiger partial charge in [0, 0.05) is 6.54 Å². The number of nitrogens with zero attached hydrogens (tertiary/aromatic N) is 1. The Hall–Kier alpha value is -1.91. The van der Waals surface area contributed by atoms with Gasteiger partial charge in [-0.2, -0.15) is 0 Å². The van der Waals surface area contributed by atoms with Gasteiger partial charge in [-0.05, 0) is 36.9 Å². The minimum absolute atomic E-state index is 0.165. The summed E-state index contributed by atoms with van der Waals surface area (Å²) < 4.78 is 13.1. The summed E-state index contributed by atoms with van der Waals surface area (Å²) in [6, 6.07) is 13.4. The van der Waals surface area contributed by atoms with Gasteiger partial charge in [0.15, 0.2) is 0 Å². The molecule has 2 aromatic carbocycles. The number of carbonyl (C=O) groups is 1. The maximum Gasteiger partial charge on any atom is 0.238 e. The summed E-state index contributed by atoms with van der Waals surface area (Å²) in [5.41, 5.74) is 1.41. The van der Waals surface area contributed by atoms with E-state index < -0.39 is 0 Å². The zero-order valence-electron chi connectivity index (χ0n) is 11.6. The van der Waals surface area contributed by atoms with Crippen LogP contribution in [0.1, 0.15) is 5.56 Å². The van der Waals surface area contributed by atoms with Crippen molar-refractivity contribution in [3.8, 4) is 0 Å². The van der Waals surface area contributed by atoms with Gasteiger partial charge in [-0.1, -0.05) is 35.9 Å². The van der Waals surface area contributed by atoms with E-state index in [9.17, 15) is 9.18 Å². The monoisotopic (exact) mass is 306 g/mol. The van der Waals surface area contributed by atoms with Gasteiger partial charge in [-0.25, -0.2) is 4.39 Å². The fraction of sp³-hybridized carbons (Fsp3) is 0.188. The Labute approximate surface area is 128 Å². The number of likely N-dealkylation sites (N-methyl/N-ethyl adjacent to an activating group) is 1. The number of amides is 1. The average Bonchev–Trinajstić information content (AvgIpc) is 2.41. The number of benzene rings is 2. The second kappa shape index (κ2) is 7.20. The zero-order chi connectivity index (χ0) is 15.2. The van der Waals surface area contributed by atoms with Gasteiger partial charge in [0.2, 0.25) is 5.91 Å². The second-order valence-corrected chi connectivity index (χ2v) is 5.24. The van der Waals surface area contributed by atoms with Crippen LogP contribution < -0.4 is 5.32 Å². The maximum atomic E-state index is 13.1. The number of para-hydroxylation sites is 1. The standard InChI is InChI=1S/C16H16ClFN2O/c1-20(10-12-5-4-6-13(18)9-12)11-16(21)19-15-8-3-2-7-14(15)17/h2-9H,10-11H2,1H3,(H,19,21). The van der Waals surface area contributed by atoms with Crippen molar-refractivity contribution in [3.63, 3.8) is 0 Å². The van der Waals surface area contributed by atoms with Gasteiger partial charge in [-0.3, -0.25) is 9.69 Å². The molecule has 0 radical (unpaired) electrons. The van der Waals surface area contributed by atoms with E-state index in [1.807, 2.05) is 6.07 Å². The molecule has 0 heterocycles. The van der Waals surface area contributed by atoms with E-state index in [-0.39, 0.29) is 18.3 Å². The predicted octanol–water partition coefficient (Wildman–Crippen LogP) is 3.55. The molecule has 21 heavy (non-hydrogen) atoms. The molecule has 0 aliphatic heterocycles. The lowest BCUT2D eigenvalue weighted by molar-refractivity contribution is -0.117. The molecular formula is C16H16ClFN2O. The molecule has 0 saturated carbocycles. The maximum absolute atomic E-state index is 13.1. The van der Waals surface area contributed by atoms with Crippen LogP contribution in [0.25, 0.3) is 0 Å². The molecule has 5 heteroatoms. The number of anilines is 1. The summed E-state index contributed by atoms with van der Waals surface area (Å²) in [6.07, 6.45) is 0. The Balaban J connectivity index is 1.89. The number of carbonyl (C=O) groups excluding carboxylic acids is 1. The van der Waals surface area contributed by atoms with Crippen molar-refractivity contribution in [1.82, 2.24) is 4.90 Å². The Morgan fingerprint density at radius 1 is 1.24 bits per heavy atom. The van der Waals surface area contributed by atoms with Crippen LogP contribution in [0, 0.1) is 5.82 Å². The van der Waals surface area contributed by atoms with Crippen molar-refractivity contribution >= 4 is 23.2 Å². The molecule has 0 saturated heterocycles. The van der Waals surface area contributed by atoms with Gasteiger partial charge in [0.1, 0.15) is 5.82 Å². The number of hydrogen-bond donors (Lipinski definition) is 1. The smallest absolute Gasteiger partial charge is 0.238 e. The topological polar surface area (TPSA) is 32.3 Å². The number of halogens is 2. The molecular weight excluding hydrogens is 291 g/mol. The van der Waals surface area contributed by atoms with Crippen molar-refractivity contribution in [2.75, 3.05) is 18.9 Å². The second-order valence-electron chi connectivity index (χ2n) is 4.83. The summed E-state index contributed by atoms with van der Waals surface area (Å²) >= 11 is 5.98. The number of hydrogen-bond acceptors (Lipinski definition) is 2. The van der Waals surface area contributed by atoms with Crippen LogP contribution in [0.3, 0.4) is 0 Å². The highest BCUT2D eigenvalue weighted by Crippen LogP contribution is 2.20. The molecule has 2 aromatic rings. The Bertz CT molecular complexity index is 633. The number of nitrogens with one attached hydrogen (secondary N) is 1.